The molecule has 1 atom stereocenters. The largest absolute Gasteiger partial charge is 0.484 e. The normalized spacial score (nSPS) is 11.8. The molecule has 0 aliphatic rings. The van der Waals surface area contributed by atoms with E-state index in [1.54, 1.807) is 24.3 Å². The van der Waals surface area contributed by atoms with Crippen molar-refractivity contribution in [3.63, 3.8) is 0 Å². The van der Waals surface area contributed by atoms with E-state index in [2.05, 4.69) is 19.2 Å². The van der Waals surface area contributed by atoms with E-state index in [4.69, 9.17) is 16.3 Å². The number of carbonyl (C=O) groups excluding carboxylic acids is 1. The molecule has 4 heteroatoms. The Kier molecular flexibility index (Phi) is 5.84. The highest BCUT2D eigenvalue weighted by Crippen LogP contribution is 2.26. The third kappa shape index (κ3) is 4.50. The van der Waals surface area contributed by atoms with Crippen LogP contribution in [0.1, 0.15) is 31.7 Å². The number of carbonyl (C=O) groups is 1. The molecule has 0 bridgehead atoms. The molecule has 0 fully saturated rings. The van der Waals surface area contributed by atoms with Crippen molar-refractivity contribution >= 4 is 23.2 Å². The monoisotopic (exact) mass is 317 g/mol. The van der Waals surface area contributed by atoms with Crippen LogP contribution in [0.25, 0.3) is 0 Å². The van der Waals surface area contributed by atoms with E-state index in [-0.39, 0.29) is 12.5 Å². The number of halogens is 1. The Balaban J connectivity index is 1.96. The number of rotatable bonds is 6. The van der Waals surface area contributed by atoms with Crippen LogP contribution >= 0.6 is 11.6 Å². The summed E-state index contributed by atoms with van der Waals surface area (Å²) >= 11 is 5.81. The molecule has 0 spiro atoms. The lowest BCUT2D eigenvalue weighted by Gasteiger charge is -2.15. The molecule has 1 amide bonds. The smallest absolute Gasteiger partial charge is 0.262 e. The van der Waals surface area contributed by atoms with Gasteiger partial charge in [0.25, 0.3) is 5.91 Å². The van der Waals surface area contributed by atoms with Gasteiger partial charge in [-0.05, 0) is 48.2 Å². The van der Waals surface area contributed by atoms with Gasteiger partial charge in [-0.1, -0.05) is 43.6 Å². The van der Waals surface area contributed by atoms with E-state index in [0.717, 1.165) is 17.7 Å². The summed E-state index contributed by atoms with van der Waals surface area (Å²) < 4.78 is 5.45. The topological polar surface area (TPSA) is 38.3 Å². The summed E-state index contributed by atoms with van der Waals surface area (Å²) in [7, 11) is 0. The predicted octanol–water partition coefficient (Wildman–Crippen LogP) is 4.87. The van der Waals surface area contributed by atoms with Crippen molar-refractivity contribution in [2.75, 3.05) is 11.9 Å². The Bertz CT molecular complexity index is 625. The van der Waals surface area contributed by atoms with Crippen LogP contribution in [0.4, 0.5) is 5.69 Å². The second kappa shape index (κ2) is 7.85. The zero-order valence-corrected chi connectivity index (χ0v) is 13.6. The van der Waals surface area contributed by atoms with E-state index < -0.39 is 0 Å². The van der Waals surface area contributed by atoms with Crippen molar-refractivity contribution in [2.45, 2.75) is 26.2 Å². The molecule has 22 heavy (non-hydrogen) atoms. The molecule has 0 heterocycles. The maximum atomic E-state index is 12.1. The summed E-state index contributed by atoms with van der Waals surface area (Å²) in [5.74, 6) is 0.842. The summed E-state index contributed by atoms with van der Waals surface area (Å²) in [6.07, 6.45) is 1.02. The van der Waals surface area contributed by atoms with E-state index >= 15 is 0 Å². The summed E-state index contributed by atoms with van der Waals surface area (Å²) in [5.41, 5.74) is 1.99. The Morgan fingerprint density at radius 1 is 1.18 bits per heavy atom. The van der Waals surface area contributed by atoms with Crippen molar-refractivity contribution in [1.82, 2.24) is 0 Å². The minimum atomic E-state index is -0.175. The van der Waals surface area contributed by atoms with Crippen LogP contribution < -0.4 is 10.1 Å². The lowest BCUT2D eigenvalue weighted by molar-refractivity contribution is -0.118. The average Bonchev–Trinajstić information content (AvgIpc) is 2.54. The van der Waals surface area contributed by atoms with Gasteiger partial charge < -0.3 is 10.1 Å². The van der Waals surface area contributed by atoms with Crippen LogP contribution in [-0.4, -0.2) is 12.5 Å². The molecule has 1 N–H and O–H groups in total. The SMILES string of the molecule is CCC(C)c1ccccc1NC(=O)COc1ccc(Cl)cc1. The van der Waals surface area contributed by atoms with Gasteiger partial charge in [0, 0.05) is 10.7 Å². The second-order valence-corrected chi connectivity index (χ2v) is 5.62. The number of para-hydroxylation sites is 1. The fourth-order valence-electron chi connectivity index (χ4n) is 2.13. The maximum absolute atomic E-state index is 12.1. The molecule has 2 aromatic carbocycles. The summed E-state index contributed by atoms with van der Waals surface area (Å²) in [4.78, 5) is 12.1. The van der Waals surface area contributed by atoms with Crippen molar-refractivity contribution < 1.29 is 9.53 Å². The van der Waals surface area contributed by atoms with Gasteiger partial charge in [-0.3, -0.25) is 4.79 Å². The van der Waals surface area contributed by atoms with Crippen LogP contribution in [0.3, 0.4) is 0 Å². The Hall–Kier alpha value is -2.00. The molecule has 0 aliphatic heterocycles. The summed E-state index contributed by atoms with van der Waals surface area (Å²) in [6, 6.07) is 14.8. The molecular formula is C18H20ClNO2. The fraction of sp³-hybridized carbons (Fsp3) is 0.278. The van der Waals surface area contributed by atoms with Gasteiger partial charge in [-0.15, -0.1) is 0 Å². The number of hydrogen-bond donors (Lipinski definition) is 1. The number of nitrogens with one attached hydrogen (secondary N) is 1. The number of anilines is 1. The quantitative estimate of drug-likeness (QED) is 0.825. The average molecular weight is 318 g/mol. The van der Waals surface area contributed by atoms with Crippen LogP contribution in [0.2, 0.25) is 5.02 Å². The first-order valence-electron chi connectivity index (χ1n) is 7.37. The van der Waals surface area contributed by atoms with E-state index in [1.807, 2.05) is 24.3 Å². The second-order valence-electron chi connectivity index (χ2n) is 5.19. The number of ether oxygens (including phenoxy) is 1. The highest BCUT2D eigenvalue weighted by atomic mass is 35.5. The lowest BCUT2D eigenvalue weighted by atomic mass is 9.97. The van der Waals surface area contributed by atoms with Crippen molar-refractivity contribution in [1.29, 1.82) is 0 Å². The van der Waals surface area contributed by atoms with Crippen LogP contribution in [0.5, 0.6) is 5.75 Å². The van der Waals surface area contributed by atoms with Gasteiger partial charge in [0.2, 0.25) is 0 Å². The van der Waals surface area contributed by atoms with E-state index in [1.165, 1.54) is 0 Å². The van der Waals surface area contributed by atoms with Gasteiger partial charge in [0.05, 0.1) is 0 Å². The van der Waals surface area contributed by atoms with Gasteiger partial charge in [-0.25, -0.2) is 0 Å². The zero-order chi connectivity index (χ0) is 15.9. The maximum Gasteiger partial charge on any atom is 0.262 e. The Labute approximate surface area is 136 Å². The van der Waals surface area contributed by atoms with E-state index in [9.17, 15) is 4.79 Å². The number of amides is 1. The van der Waals surface area contributed by atoms with E-state index in [0.29, 0.717) is 16.7 Å². The summed E-state index contributed by atoms with van der Waals surface area (Å²) in [5, 5.41) is 3.56. The predicted molar refractivity (Wildman–Crippen MR) is 90.7 cm³/mol. The minimum Gasteiger partial charge on any atom is -0.484 e. The molecule has 116 valence electrons. The van der Waals surface area contributed by atoms with Crippen molar-refractivity contribution in [3.05, 3.63) is 59.1 Å². The first-order chi connectivity index (χ1) is 10.6. The van der Waals surface area contributed by atoms with Gasteiger partial charge in [0.15, 0.2) is 6.61 Å². The Morgan fingerprint density at radius 3 is 2.55 bits per heavy atom. The van der Waals surface area contributed by atoms with Crippen molar-refractivity contribution in [3.8, 4) is 5.75 Å². The van der Waals surface area contributed by atoms with Gasteiger partial charge >= 0.3 is 0 Å². The molecule has 2 aromatic rings. The first kappa shape index (κ1) is 16.4. The number of hydrogen-bond acceptors (Lipinski definition) is 2. The molecular weight excluding hydrogens is 298 g/mol. The fourth-order valence-corrected chi connectivity index (χ4v) is 2.25. The minimum absolute atomic E-state index is 0.0313. The lowest BCUT2D eigenvalue weighted by Crippen LogP contribution is -2.21. The third-order valence-electron chi connectivity index (χ3n) is 3.56. The molecule has 0 saturated heterocycles. The molecule has 2 rings (SSSR count). The van der Waals surface area contributed by atoms with Gasteiger partial charge in [-0.2, -0.15) is 0 Å². The molecule has 3 nitrogen and oxygen atoms in total. The highest BCUT2D eigenvalue weighted by molar-refractivity contribution is 6.30. The van der Waals surface area contributed by atoms with Crippen LogP contribution in [0, 0.1) is 0 Å². The molecule has 0 aliphatic carbocycles. The van der Waals surface area contributed by atoms with Crippen LogP contribution in [-0.2, 0) is 4.79 Å². The standard InChI is InChI=1S/C18H20ClNO2/c1-3-13(2)16-6-4-5-7-17(16)20-18(21)12-22-15-10-8-14(19)9-11-15/h4-11,13H,3,12H2,1-2H3,(H,20,21). The molecule has 0 aromatic heterocycles. The van der Waals surface area contributed by atoms with Crippen molar-refractivity contribution in [2.24, 2.45) is 0 Å². The molecule has 0 saturated carbocycles. The Morgan fingerprint density at radius 2 is 1.86 bits per heavy atom. The summed E-state index contributed by atoms with van der Waals surface area (Å²) in [6.45, 7) is 4.25. The van der Waals surface area contributed by atoms with Gasteiger partial charge in [0.1, 0.15) is 5.75 Å². The highest BCUT2D eigenvalue weighted by Gasteiger charge is 2.11. The third-order valence-corrected chi connectivity index (χ3v) is 3.81. The van der Waals surface area contributed by atoms with Crippen LogP contribution in [0.15, 0.2) is 48.5 Å². The molecule has 1 unspecified atom stereocenters. The number of benzene rings is 2. The first-order valence-corrected chi connectivity index (χ1v) is 7.75. The zero-order valence-electron chi connectivity index (χ0n) is 12.8. The molecule has 0 radical (unpaired) electrons.